The van der Waals surface area contributed by atoms with Crippen molar-refractivity contribution >= 4 is 15.9 Å². The quantitative estimate of drug-likeness (QED) is 0.736. The van der Waals surface area contributed by atoms with Crippen molar-refractivity contribution in [2.75, 3.05) is 19.7 Å². The van der Waals surface area contributed by atoms with Gasteiger partial charge < -0.3 is 10.1 Å². The highest BCUT2D eigenvalue weighted by Crippen LogP contribution is 2.24. The highest BCUT2D eigenvalue weighted by atomic mass is 32.2. The molecule has 1 aliphatic rings. The van der Waals surface area contributed by atoms with Gasteiger partial charge in [-0.2, -0.15) is 0 Å². The molecule has 0 spiro atoms. The standard InChI is InChI=1S/C18H20N2O4S/c21-18-12-15(13-19-18)14-6-8-17(9-7-14)25(22,23)20-10-11-24-16-4-2-1-3-5-16/h1-9,15,20H,10-13H2,(H,19,21)/t15-/m1/s1. The summed E-state index contributed by atoms with van der Waals surface area (Å²) in [4.78, 5) is 11.5. The molecular formula is C18H20N2O4S. The van der Waals surface area contributed by atoms with Crippen LogP contribution in [0.4, 0.5) is 0 Å². The first kappa shape index (κ1) is 17.4. The fraction of sp³-hybridized carbons (Fsp3) is 0.278. The zero-order chi connectivity index (χ0) is 17.7. The summed E-state index contributed by atoms with van der Waals surface area (Å²) >= 11 is 0. The number of hydrogen-bond acceptors (Lipinski definition) is 4. The van der Waals surface area contributed by atoms with E-state index in [0.29, 0.717) is 18.7 Å². The van der Waals surface area contributed by atoms with Gasteiger partial charge in [-0.15, -0.1) is 0 Å². The lowest BCUT2D eigenvalue weighted by Crippen LogP contribution is -2.28. The van der Waals surface area contributed by atoms with E-state index in [1.807, 2.05) is 30.3 Å². The molecule has 0 bridgehead atoms. The number of nitrogens with one attached hydrogen (secondary N) is 2. The molecule has 2 aromatic rings. The van der Waals surface area contributed by atoms with Crippen molar-refractivity contribution in [3.8, 4) is 5.75 Å². The number of ether oxygens (including phenoxy) is 1. The molecule has 1 atom stereocenters. The molecule has 7 heteroatoms. The van der Waals surface area contributed by atoms with Crippen LogP contribution in [-0.2, 0) is 14.8 Å². The van der Waals surface area contributed by atoms with Gasteiger partial charge in [0.1, 0.15) is 12.4 Å². The van der Waals surface area contributed by atoms with Crippen molar-refractivity contribution in [2.45, 2.75) is 17.2 Å². The number of rotatable bonds is 7. The fourth-order valence-electron chi connectivity index (χ4n) is 2.70. The fourth-order valence-corrected chi connectivity index (χ4v) is 3.72. The number of sulfonamides is 1. The van der Waals surface area contributed by atoms with Gasteiger partial charge in [0.2, 0.25) is 15.9 Å². The van der Waals surface area contributed by atoms with Gasteiger partial charge in [-0.1, -0.05) is 30.3 Å². The van der Waals surface area contributed by atoms with Crippen molar-refractivity contribution in [1.82, 2.24) is 10.0 Å². The number of hydrogen-bond donors (Lipinski definition) is 2. The predicted octanol–water partition coefficient (Wildman–Crippen LogP) is 1.65. The number of carbonyl (C=O) groups excluding carboxylic acids is 1. The van der Waals surface area contributed by atoms with Gasteiger partial charge in [0.15, 0.2) is 0 Å². The van der Waals surface area contributed by atoms with Crippen LogP contribution in [0.25, 0.3) is 0 Å². The Kier molecular flexibility index (Phi) is 5.35. The van der Waals surface area contributed by atoms with Gasteiger partial charge >= 0.3 is 0 Å². The average molecular weight is 360 g/mol. The lowest BCUT2D eigenvalue weighted by atomic mass is 9.99. The topological polar surface area (TPSA) is 84.5 Å². The molecule has 0 saturated carbocycles. The molecule has 1 fully saturated rings. The summed E-state index contributed by atoms with van der Waals surface area (Å²) in [6.07, 6.45) is 0.446. The van der Waals surface area contributed by atoms with E-state index in [1.54, 1.807) is 24.3 Å². The van der Waals surface area contributed by atoms with E-state index < -0.39 is 10.0 Å². The van der Waals surface area contributed by atoms with Crippen LogP contribution in [0.15, 0.2) is 59.5 Å². The number of para-hydroxylation sites is 1. The van der Waals surface area contributed by atoms with Crippen LogP contribution >= 0.6 is 0 Å². The van der Waals surface area contributed by atoms with Crippen LogP contribution in [-0.4, -0.2) is 34.0 Å². The first-order valence-electron chi connectivity index (χ1n) is 8.09. The lowest BCUT2D eigenvalue weighted by molar-refractivity contribution is -0.119. The molecule has 2 aromatic carbocycles. The van der Waals surface area contributed by atoms with Crippen LogP contribution in [0.3, 0.4) is 0 Å². The summed E-state index contributed by atoms with van der Waals surface area (Å²) in [6.45, 7) is 1.03. The van der Waals surface area contributed by atoms with Gasteiger partial charge in [0.05, 0.1) is 4.90 Å². The van der Waals surface area contributed by atoms with E-state index in [0.717, 1.165) is 5.56 Å². The van der Waals surface area contributed by atoms with E-state index >= 15 is 0 Å². The van der Waals surface area contributed by atoms with Gasteiger partial charge in [-0.05, 0) is 29.8 Å². The zero-order valence-corrected chi connectivity index (χ0v) is 14.5. The molecule has 1 heterocycles. The summed E-state index contributed by atoms with van der Waals surface area (Å²) in [5, 5.41) is 2.78. The van der Waals surface area contributed by atoms with Crippen LogP contribution in [0.2, 0.25) is 0 Å². The van der Waals surface area contributed by atoms with Crippen LogP contribution in [0, 0.1) is 0 Å². The van der Waals surface area contributed by atoms with Crippen LogP contribution in [0.5, 0.6) is 5.75 Å². The molecule has 0 unspecified atom stereocenters. The predicted molar refractivity (Wildman–Crippen MR) is 93.9 cm³/mol. The molecular weight excluding hydrogens is 340 g/mol. The largest absolute Gasteiger partial charge is 0.492 e. The van der Waals surface area contributed by atoms with Crippen molar-refractivity contribution in [1.29, 1.82) is 0 Å². The van der Waals surface area contributed by atoms with Crippen molar-refractivity contribution in [3.05, 3.63) is 60.2 Å². The Balaban J connectivity index is 1.54. The maximum absolute atomic E-state index is 12.3. The Morgan fingerprint density at radius 2 is 1.80 bits per heavy atom. The van der Waals surface area contributed by atoms with Crippen LogP contribution < -0.4 is 14.8 Å². The zero-order valence-electron chi connectivity index (χ0n) is 13.6. The Labute approximate surface area is 147 Å². The first-order chi connectivity index (χ1) is 12.0. The second-order valence-corrected chi connectivity index (χ2v) is 7.60. The molecule has 0 aliphatic carbocycles. The molecule has 0 aromatic heterocycles. The molecule has 0 radical (unpaired) electrons. The van der Waals surface area contributed by atoms with Gasteiger partial charge in [-0.25, -0.2) is 13.1 Å². The van der Waals surface area contributed by atoms with Gasteiger partial charge in [0.25, 0.3) is 0 Å². The molecule has 1 amide bonds. The summed E-state index contributed by atoms with van der Waals surface area (Å²) in [5.41, 5.74) is 0.963. The Bertz CT molecular complexity index is 820. The van der Waals surface area contributed by atoms with Crippen molar-refractivity contribution in [2.24, 2.45) is 0 Å². The summed E-state index contributed by atoms with van der Waals surface area (Å²) < 4.78 is 32.6. The molecule has 3 rings (SSSR count). The highest BCUT2D eigenvalue weighted by Gasteiger charge is 2.23. The van der Waals surface area contributed by atoms with E-state index in [1.165, 1.54) is 0 Å². The first-order valence-corrected chi connectivity index (χ1v) is 9.57. The third-order valence-corrected chi connectivity index (χ3v) is 5.52. The average Bonchev–Trinajstić information content (AvgIpc) is 3.06. The molecule has 6 nitrogen and oxygen atoms in total. The van der Waals surface area contributed by atoms with Crippen molar-refractivity contribution < 1.29 is 17.9 Å². The SMILES string of the molecule is O=C1C[C@@H](c2ccc(S(=O)(=O)NCCOc3ccccc3)cc2)CN1. The summed E-state index contributed by atoms with van der Waals surface area (Å²) in [7, 11) is -3.58. The maximum Gasteiger partial charge on any atom is 0.240 e. The third-order valence-electron chi connectivity index (χ3n) is 4.05. The minimum atomic E-state index is -3.58. The number of carbonyl (C=O) groups is 1. The second-order valence-electron chi connectivity index (χ2n) is 5.83. The van der Waals surface area contributed by atoms with Gasteiger partial charge in [0, 0.05) is 25.4 Å². The summed E-state index contributed by atoms with van der Waals surface area (Å²) in [5.74, 6) is 0.837. The third kappa shape index (κ3) is 4.58. The second kappa shape index (κ2) is 7.67. The maximum atomic E-state index is 12.3. The van der Waals surface area contributed by atoms with Gasteiger partial charge in [-0.3, -0.25) is 4.79 Å². The molecule has 2 N–H and O–H groups in total. The lowest BCUT2D eigenvalue weighted by Gasteiger charge is -2.11. The smallest absolute Gasteiger partial charge is 0.240 e. The molecule has 25 heavy (non-hydrogen) atoms. The number of benzene rings is 2. The Morgan fingerprint density at radius 3 is 2.44 bits per heavy atom. The minimum Gasteiger partial charge on any atom is -0.492 e. The van der Waals surface area contributed by atoms with Crippen LogP contribution in [0.1, 0.15) is 17.9 Å². The van der Waals surface area contributed by atoms with E-state index in [-0.39, 0.29) is 29.9 Å². The Morgan fingerprint density at radius 1 is 1.08 bits per heavy atom. The van der Waals surface area contributed by atoms with E-state index in [2.05, 4.69) is 10.0 Å². The molecule has 1 saturated heterocycles. The monoisotopic (exact) mass is 360 g/mol. The van der Waals surface area contributed by atoms with Crippen molar-refractivity contribution in [3.63, 3.8) is 0 Å². The van der Waals surface area contributed by atoms with E-state index in [4.69, 9.17) is 4.74 Å². The normalized spacial score (nSPS) is 17.3. The minimum absolute atomic E-state index is 0.0294. The highest BCUT2D eigenvalue weighted by molar-refractivity contribution is 7.89. The molecule has 1 aliphatic heterocycles. The number of amides is 1. The summed E-state index contributed by atoms with van der Waals surface area (Å²) in [6, 6.07) is 15.9. The molecule has 132 valence electrons. The van der Waals surface area contributed by atoms with E-state index in [9.17, 15) is 13.2 Å². The Hall–Kier alpha value is -2.38.